The lowest BCUT2D eigenvalue weighted by Crippen LogP contribution is -2.52. The lowest BCUT2D eigenvalue weighted by atomic mass is 10.1. The van der Waals surface area contributed by atoms with Crippen LogP contribution in [0.3, 0.4) is 0 Å². The summed E-state index contributed by atoms with van der Waals surface area (Å²) in [5, 5.41) is 3.43. The predicted molar refractivity (Wildman–Crippen MR) is 158 cm³/mol. The second kappa shape index (κ2) is 14.5. The van der Waals surface area contributed by atoms with Gasteiger partial charge in [0.15, 0.2) is 0 Å². The molecule has 0 unspecified atom stereocenters. The number of nitrogens with one attached hydrogen (secondary N) is 1. The van der Waals surface area contributed by atoms with Crippen LogP contribution in [0.2, 0.25) is 10.0 Å². The number of amides is 2. The van der Waals surface area contributed by atoms with Crippen molar-refractivity contribution in [1.29, 1.82) is 0 Å². The summed E-state index contributed by atoms with van der Waals surface area (Å²) in [6, 6.07) is 14.4. The lowest BCUT2D eigenvalue weighted by Gasteiger charge is -2.33. The zero-order chi connectivity index (χ0) is 30.2. The van der Waals surface area contributed by atoms with Gasteiger partial charge in [0.2, 0.25) is 11.8 Å². The minimum atomic E-state index is -4.34. The lowest BCUT2D eigenvalue weighted by molar-refractivity contribution is -0.140. The molecule has 0 saturated heterocycles. The van der Waals surface area contributed by atoms with E-state index in [9.17, 15) is 22.4 Å². The average Bonchev–Trinajstić information content (AvgIpc) is 2.93. The molecule has 3 rings (SSSR count). The molecule has 0 aliphatic heterocycles. The molecule has 0 aromatic heterocycles. The number of anilines is 1. The summed E-state index contributed by atoms with van der Waals surface area (Å²) in [6.45, 7) is 5.37. The molecule has 0 bridgehead atoms. The standard InChI is InChI=1S/C29H32Cl2FN3O5S/c1-4-27(29(37)33-5-2)34(18-20-7-8-21(30)17-26(20)31)28(36)19-35(23-11-13-24(14-12-23)40-6-3)41(38,39)25-15-9-22(32)10-16-25/h7-17,27H,4-6,18-19H2,1-3H3,(H,33,37)/t27-/m0/s1. The molecule has 12 heteroatoms. The molecule has 0 heterocycles. The maximum Gasteiger partial charge on any atom is 0.264 e. The fourth-order valence-electron chi connectivity index (χ4n) is 4.18. The van der Waals surface area contributed by atoms with Crippen molar-refractivity contribution in [3.63, 3.8) is 0 Å². The molecule has 1 N–H and O–H groups in total. The van der Waals surface area contributed by atoms with E-state index in [-0.39, 0.29) is 29.5 Å². The summed E-state index contributed by atoms with van der Waals surface area (Å²) >= 11 is 12.5. The Morgan fingerprint density at radius 2 is 1.63 bits per heavy atom. The summed E-state index contributed by atoms with van der Waals surface area (Å²) in [5.41, 5.74) is 0.711. The summed E-state index contributed by atoms with van der Waals surface area (Å²) in [4.78, 5) is 28.1. The third-order valence-corrected chi connectivity index (χ3v) is 8.58. The molecule has 0 fully saturated rings. The van der Waals surface area contributed by atoms with Gasteiger partial charge in [-0.1, -0.05) is 36.2 Å². The van der Waals surface area contributed by atoms with E-state index in [4.69, 9.17) is 27.9 Å². The van der Waals surface area contributed by atoms with E-state index in [1.807, 2.05) is 6.92 Å². The Labute approximate surface area is 250 Å². The first-order valence-electron chi connectivity index (χ1n) is 13.0. The van der Waals surface area contributed by atoms with Crippen molar-refractivity contribution < 1.29 is 27.1 Å². The minimum absolute atomic E-state index is 0.0712. The largest absolute Gasteiger partial charge is 0.494 e. The Bertz CT molecular complexity index is 1450. The number of hydrogen-bond donors (Lipinski definition) is 1. The Hall–Kier alpha value is -3.34. The third kappa shape index (κ3) is 8.12. The van der Waals surface area contributed by atoms with Crippen LogP contribution in [0.4, 0.5) is 10.1 Å². The number of benzene rings is 3. The summed E-state index contributed by atoms with van der Waals surface area (Å²) in [7, 11) is -4.34. The molecule has 3 aromatic rings. The zero-order valence-electron chi connectivity index (χ0n) is 22.9. The van der Waals surface area contributed by atoms with Gasteiger partial charge in [0.1, 0.15) is 24.2 Å². The third-order valence-electron chi connectivity index (χ3n) is 6.21. The molecule has 0 aliphatic carbocycles. The van der Waals surface area contributed by atoms with Crippen molar-refractivity contribution in [3.05, 3.63) is 88.2 Å². The number of sulfonamides is 1. The van der Waals surface area contributed by atoms with Crippen LogP contribution >= 0.6 is 23.2 Å². The van der Waals surface area contributed by atoms with Crippen LogP contribution in [0.1, 0.15) is 32.8 Å². The van der Waals surface area contributed by atoms with Crippen LogP contribution in [0.25, 0.3) is 0 Å². The highest BCUT2D eigenvalue weighted by Gasteiger charge is 2.34. The van der Waals surface area contributed by atoms with Crippen molar-refractivity contribution in [2.24, 2.45) is 0 Å². The number of carbonyl (C=O) groups is 2. The highest BCUT2D eigenvalue weighted by atomic mass is 35.5. The summed E-state index contributed by atoms with van der Waals surface area (Å²) in [6.07, 6.45) is 0.260. The monoisotopic (exact) mass is 623 g/mol. The Kier molecular flexibility index (Phi) is 11.4. The van der Waals surface area contributed by atoms with Gasteiger partial charge in [0.05, 0.1) is 17.2 Å². The van der Waals surface area contributed by atoms with Crippen LogP contribution in [0.15, 0.2) is 71.6 Å². The van der Waals surface area contributed by atoms with Gasteiger partial charge < -0.3 is 15.0 Å². The minimum Gasteiger partial charge on any atom is -0.494 e. The van der Waals surface area contributed by atoms with Gasteiger partial charge in [0, 0.05) is 23.1 Å². The van der Waals surface area contributed by atoms with E-state index >= 15 is 0 Å². The van der Waals surface area contributed by atoms with Gasteiger partial charge in [-0.05, 0) is 86.5 Å². The van der Waals surface area contributed by atoms with Crippen LogP contribution in [-0.4, -0.2) is 50.9 Å². The Morgan fingerprint density at radius 1 is 0.976 bits per heavy atom. The molecule has 0 aliphatic rings. The van der Waals surface area contributed by atoms with Crippen LogP contribution < -0.4 is 14.4 Å². The first-order valence-corrected chi connectivity index (χ1v) is 15.2. The number of likely N-dealkylation sites (N-methyl/N-ethyl adjacent to an activating group) is 1. The second-order valence-corrected chi connectivity index (χ2v) is 11.7. The maximum atomic E-state index is 14.0. The highest BCUT2D eigenvalue weighted by Crippen LogP contribution is 2.28. The molecule has 0 radical (unpaired) electrons. The molecule has 41 heavy (non-hydrogen) atoms. The van der Waals surface area contributed by atoms with Crippen molar-refractivity contribution in [1.82, 2.24) is 10.2 Å². The van der Waals surface area contributed by atoms with Crippen LogP contribution in [0.5, 0.6) is 5.75 Å². The number of rotatable bonds is 13. The first kappa shape index (κ1) is 32.2. The molecular formula is C29H32Cl2FN3O5S. The molecule has 0 spiro atoms. The van der Waals surface area contributed by atoms with Gasteiger partial charge in [0.25, 0.3) is 10.0 Å². The Morgan fingerprint density at radius 3 is 2.20 bits per heavy atom. The van der Waals surface area contributed by atoms with Crippen molar-refractivity contribution >= 4 is 50.7 Å². The van der Waals surface area contributed by atoms with Gasteiger partial charge in [-0.25, -0.2) is 12.8 Å². The van der Waals surface area contributed by atoms with E-state index in [1.165, 1.54) is 23.1 Å². The molecule has 3 aromatic carbocycles. The van der Waals surface area contributed by atoms with Crippen molar-refractivity contribution in [2.45, 2.75) is 44.7 Å². The van der Waals surface area contributed by atoms with E-state index in [2.05, 4.69) is 5.32 Å². The topological polar surface area (TPSA) is 96.0 Å². The molecule has 0 saturated carbocycles. The normalized spacial score (nSPS) is 12.0. The fourth-order valence-corrected chi connectivity index (χ4v) is 6.07. The number of halogens is 3. The van der Waals surface area contributed by atoms with E-state index in [0.29, 0.717) is 34.5 Å². The average molecular weight is 625 g/mol. The number of ether oxygens (including phenoxy) is 1. The van der Waals surface area contributed by atoms with Gasteiger partial charge >= 0.3 is 0 Å². The first-order chi connectivity index (χ1) is 19.5. The SMILES string of the molecule is CCNC(=O)[C@H](CC)N(Cc1ccc(Cl)cc1Cl)C(=O)CN(c1ccc(OCC)cc1)S(=O)(=O)c1ccc(F)cc1. The summed E-state index contributed by atoms with van der Waals surface area (Å²) in [5.74, 6) is -1.12. The van der Waals surface area contributed by atoms with Crippen molar-refractivity contribution in [3.8, 4) is 5.75 Å². The summed E-state index contributed by atoms with van der Waals surface area (Å²) < 4.78 is 47.7. The molecule has 2 amide bonds. The van der Waals surface area contributed by atoms with E-state index in [0.717, 1.165) is 28.6 Å². The van der Waals surface area contributed by atoms with Gasteiger partial charge in [-0.2, -0.15) is 0 Å². The fraction of sp³-hybridized carbons (Fsp3) is 0.310. The second-order valence-electron chi connectivity index (χ2n) is 8.97. The quantitative estimate of drug-likeness (QED) is 0.265. The van der Waals surface area contributed by atoms with Crippen LogP contribution in [-0.2, 0) is 26.2 Å². The Balaban J connectivity index is 2.08. The van der Waals surface area contributed by atoms with Crippen molar-refractivity contribution in [2.75, 3.05) is 24.0 Å². The van der Waals surface area contributed by atoms with Gasteiger partial charge in [-0.3, -0.25) is 13.9 Å². The molecule has 220 valence electrons. The molecule has 8 nitrogen and oxygen atoms in total. The number of nitrogens with zero attached hydrogens (tertiary/aromatic N) is 2. The maximum absolute atomic E-state index is 14.0. The smallest absolute Gasteiger partial charge is 0.264 e. The van der Waals surface area contributed by atoms with Gasteiger partial charge in [-0.15, -0.1) is 0 Å². The molecule has 1 atom stereocenters. The number of hydrogen-bond acceptors (Lipinski definition) is 5. The zero-order valence-corrected chi connectivity index (χ0v) is 25.3. The van der Waals surface area contributed by atoms with E-state index < -0.39 is 34.3 Å². The van der Waals surface area contributed by atoms with Crippen LogP contribution in [0, 0.1) is 5.82 Å². The highest BCUT2D eigenvalue weighted by molar-refractivity contribution is 7.92. The molecular weight excluding hydrogens is 592 g/mol. The van der Waals surface area contributed by atoms with E-state index in [1.54, 1.807) is 38.1 Å². The number of carbonyl (C=O) groups excluding carboxylic acids is 2. The predicted octanol–water partition coefficient (Wildman–Crippen LogP) is 5.67.